The molecule has 3 saturated carbocycles. The van der Waals surface area contributed by atoms with E-state index >= 15 is 0 Å². The molecule has 1 saturated heterocycles. The molecule has 3 nitrogen and oxygen atoms in total. The monoisotopic (exact) mass is 392 g/mol. The van der Waals surface area contributed by atoms with Crippen molar-refractivity contribution in [1.82, 2.24) is 0 Å². The largest absolute Gasteiger partial charge is 0.474 e. The van der Waals surface area contributed by atoms with Gasteiger partial charge in [0.15, 0.2) is 0 Å². The van der Waals surface area contributed by atoms with Gasteiger partial charge >= 0.3 is 7.12 Å². The Balaban J connectivity index is 1.33. The van der Waals surface area contributed by atoms with E-state index in [2.05, 4.69) is 48.8 Å². The van der Waals surface area contributed by atoms with Crippen molar-refractivity contribution in [3.63, 3.8) is 0 Å². The number of rotatable bonds is 5. The van der Waals surface area contributed by atoms with Crippen LogP contribution in [0.25, 0.3) is 0 Å². The maximum Gasteiger partial charge on any atom is 0.474 e. The van der Waals surface area contributed by atoms with Crippen LogP contribution in [-0.4, -0.2) is 30.2 Å². The van der Waals surface area contributed by atoms with E-state index in [0.29, 0.717) is 24.5 Å². The summed E-state index contributed by atoms with van der Waals surface area (Å²) in [5.74, 6) is 1.38. The number of alkyl halides is 1. The molecule has 0 spiro atoms. The second-order valence-electron chi connectivity index (χ2n) is 8.35. The topological polar surface area (TPSA) is 27.7 Å². The van der Waals surface area contributed by atoms with E-state index in [-0.39, 0.29) is 23.5 Å². The van der Waals surface area contributed by atoms with Crippen LogP contribution in [0.2, 0.25) is 0 Å². The van der Waals surface area contributed by atoms with Crippen LogP contribution in [0.4, 0.5) is 0 Å². The zero-order valence-corrected chi connectivity index (χ0v) is 16.3. The van der Waals surface area contributed by atoms with Gasteiger partial charge in [0, 0.05) is 0 Å². The Bertz CT molecular complexity index is 596. The number of ether oxygens (including phenoxy) is 1. The first kappa shape index (κ1) is 17.1. The molecule has 0 N–H and O–H groups in total. The Morgan fingerprint density at radius 1 is 1.25 bits per heavy atom. The maximum atomic E-state index is 6.45. The normalized spacial score (nSPS) is 37.7. The van der Waals surface area contributed by atoms with Crippen LogP contribution in [0.3, 0.4) is 0 Å². The first-order valence-electron chi connectivity index (χ1n) is 9.00. The first-order valence-corrected chi connectivity index (χ1v) is 9.92. The molecule has 0 radical (unpaired) electrons. The molecule has 5 atom stereocenters. The van der Waals surface area contributed by atoms with E-state index in [9.17, 15) is 0 Å². The van der Waals surface area contributed by atoms with E-state index in [1.165, 1.54) is 12.0 Å². The van der Waals surface area contributed by atoms with Gasteiger partial charge in [-0.1, -0.05) is 60.1 Å². The SMILES string of the molecule is CC1(C)[C@@H]2C[C@H]3OB([C@H](Br)COCc4ccccc4)O[C@@]3(C)[C@H]1C2. The molecule has 1 heterocycles. The molecule has 130 valence electrons. The summed E-state index contributed by atoms with van der Waals surface area (Å²) in [7, 11) is -0.217. The fourth-order valence-corrected chi connectivity index (χ4v) is 5.41. The Labute approximate surface area is 153 Å². The zero-order chi connectivity index (χ0) is 16.9. The van der Waals surface area contributed by atoms with Crippen LogP contribution in [0.1, 0.15) is 39.2 Å². The summed E-state index contributed by atoms with van der Waals surface area (Å²) in [6.07, 6.45) is 2.64. The molecule has 24 heavy (non-hydrogen) atoms. The molecular weight excluding hydrogens is 367 g/mol. The van der Waals surface area contributed by atoms with Crippen molar-refractivity contribution < 1.29 is 14.0 Å². The highest BCUT2D eigenvalue weighted by Crippen LogP contribution is 2.65. The minimum atomic E-state index is -0.217. The third-order valence-corrected chi connectivity index (χ3v) is 7.35. The Morgan fingerprint density at radius 3 is 2.71 bits per heavy atom. The number of hydrogen-bond donors (Lipinski definition) is 0. The lowest BCUT2D eigenvalue weighted by atomic mass is 9.43. The van der Waals surface area contributed by atoms with Crippen LogP contribution < -0.4 is 0 Å². The van der Waals surface area contributed by atoms with Gasteiger partial charge < -0.3 is 14.0 Å². The van der Waals surface area contributed by atoms with Crippen molar-refractivity contribution in [3.8, 4) is 0 Å². The van der Waals surface area contributed by atoms with Gasteiger partial charge in [-0.3, -0.25) is 0 Å². The highest BCUT2D eigenvalue weighted by Gasteiger charge is 2.68. The molecule has 0 amide bonds. The van der Waals surface area contributed by atoms with Gasteiger partial charge in [-0.15, -0.1) is 0 Å². The van der Waals surface area contributed by atoms with Crippen LogP contribution in [0, 0.1) is 17.3 Å². The van der Waals surface area contributed by atoms with E-state index < -0.39 is 0 Å². The summed E-state index contributed by atoms with van der Waals surface area (Å²) in [5.41, 5.74) is 1.43. The minimum absolute atomic E-state index is 0.0592. The molecule has 0 aromatic heterocycles. The van der Waals surface area contributed by atoms with Crippen molar-refractivity contribution in [1.29, 1.82) is 0 Å². The van der Waals surface area contributed by atoms with Crippen LogP contribution in [0.15, 0.2) is 30.3 Å². The molecule has 4 fully saturated rings. The first-order chi connectivity index (χ1) is 11.4. The summed E-state index contributed by atoms with van der Waals surface area (Å²) in [6, 6.07) is 10.2. The molecule has 5 heteroatoms. The average Bonchev–Trinajstić information content (AvgIpc) is 2.92. The smallest absolute Gasteiger partial charge is 0.405 e. The number of benzene rings is 1. The van der Waals surface area contributed by atoms with Gasteiger partial charge in [0.2, 0.25) is 0 Å². The molecule has 0 unspecified atom stereocenters. The Kier molecular flexibility index (Phi) is 4.35. The number of halogens is 1. The second-order valence-corrected chi connectivity index (χ2v) is 9.53. The van der Waals surface area contributed by atoms with Gasteiger partial charge in [0.1, 0.15) is 0 Å². The Morgan fingerprint density at radius 2 is 2.00 bits per heavy atom. The van der Waals surface area contributed by atoms with Crippen LogP contribution in [-0.2, 0) is 20.7 Å². The Hall–Kier alpha value is -0.355. The van der Waals surface area contributed by atoms with Gasteiger partial charge in [-0.2, -0.15) is 0 Å². The standard InChI is InChI=1S/C19H26BBrO3/c1-18(2)14-9-15(18)19(3)16(10-14)23-20(24-19)17(21)12-22-11-13-7-5-4-6-8-13/h4-8,14-17H,9-12H2,1-3H3/t14-,15-,16+,17+,19-/m0/s1. The van der Waals surface area contributed by atoms with Crippen molar-refractivity contribution in [3.05, 3.63) is 35.9 Å². The third-order valence-electron chi connectivity index (χ3n) is 6.65. The summed E-state index contributed by atoms with van der Waals surface area (Å²) >= 11 is 3.72. The highest BCUT2D eigenvalue weighted by atomic mass is 79.9. The minimum Gasteiger partial charge on any atom is -0.405 e. The average molecular weight is 393 g/mol. The summed E-state index contributed by atoms with van der Waals surface area (Å²) < 4.78 is 18.6. The van der Waals surface area contributed by atoms with Gasteiger partial charge in [0.25, 0.3) is 0 Å². The fraction of sp³-hybridized carbons (Fsp3) is 0.684. The van der Waals surface area contributed by atoms with Crippen molar-refractivity contribution in [2.45, 2.75) is 56.7 Å². The molecule has 4 aliphatic rings. The summed E-state index contributed by atoms with van der Waals surface area (Å²) in [4.78, 5) is 0. The van der Waals surface area contributed by atoms with Crippen LogP contribution in [0.5, 0.6) is 0 Å². The lowest BCUT2D eigenvalue weighted by molar-refractivity contribution is -0.199. The molecule has 1 aliphatic heterocycles. The molecule has 1 aromatic rings. The quantitative estimate of drug-likeness (QED) is 0.554. The highest BCUT2D eigenvalue weighted by molar-refractivity contribution is 9.10. The lowest BCUT2D eigenvalue weighted by Crippen LogP contribution is -2.65. The summed E-state index contributed by atoms with van der Waals surface area (Å²) in [5, 5.41) is 0. The van der Waals surface area contributed by atoms with E-state index in [1.807, 2.05) is 18.2 Å². The lowest BCUT2D eigenvalue weighted by Gasteiger charge is -2.64. The zero-order valence-electron chi connectivity index (χ0n) is 14.7. The molecule has 2 bridgehead atoms. The maximum absolute atomic E-state index is 6.45. The second kappa shape index (κ2) is 6.12. The molecule has 1 aromatic carbocycles. The molecular formula is C19H26BBrO3. The van der Waals surface area contributed by atoms with Gasteiger partial charge in [0.05, 0.1) is 29.6 Å². The number of hydrogen-bond acceptors (Lipinski definition) is 3. The van der Waals surface area contributed by atoms with E-state index in [0.717, 1.165) is 12.3 Å². The predicted octanol–water partition coefficient (Wildman–Crippen LogP) is 4.23. The fourth-order valence-electron chi connectivity index (χ4n) is 5.00. The van der Waals surface area contributed by atoms with Gasteiger partial charge in [-0.05, 0) is 42.6 Å². The summed E-state index contributed by atoms with van der Waals surface area (Å²) in [6.45, 7) is 8.23. The van der Waals surface area contributed by atoms with Crippen LogP contribution >= 0.6 is 15.9 Å². The molecule has 3 aliphatic carbocycles. The van der Waals surface area contributed by atoms with Crippen molar-refractivity contribution in [2.75, 3.05) is 6.61 Å². The van der Waals surface area contributed by atoms with E-state index in [4.69, 9.17) is 14.0 Å². The molecule has 5 rings (SSSR count). The van der Waals surface area contributed by atoms with Crippen molar-refractivity contribution in [2.24, 2.45) is 17.3 Å². The van der Waals surface area contributed by atoms with Gasteiger partial charge in [-0.25, -0.2) is 0 Å². The van der Waals surface area contributed by atoms with Crippen molar-refractivity contribution >= 4 is 23.0 Å². The van der Waals surface area contributed by atoms with E-state index in [1.54, 1.807) is 0 Å². The third kappa shape index (κ3) is 2.68. The predicted molar refractivity (Wildman–Crippen MR) is 98.9 cm³/mol.